The Hall–Kier alpha value is -2.86. The maximum Gasteiger partial charge on any atom is 0.142 e. The highest BCUT2D eigenvalue weighted by Gasteiger charge is 2.25. The third-order valence-electron chi connectivity index (χ3n) is 5.88. The van der Waals surface area contributed by atoms with E-state index in [0.717, 1.165) is 31.8 Å². The molecule has 1 N–H and O–H groups in total. The molecule has 2 atom stereocenters. The van der Waals surface area contributed by atoms with Gasteiger partial charge in [0.2, 0.25) is 0 Å². The second kappa shape index (κ2) is 9.76. The summed E-state index contributed by atoms with van der Waals surface area (Å²) in [6, 6.07) is 17.9. The topological polar surface area (TPSA) is 55.2 Å². The maximum absolute atomic E-state index is 5.60. The number of para-hydroxylation sites is 2. The van der Waals surface area contributed by atoms with Crippen molar-refractivity contribution in [3.05, 3.63) is 72.3 Å². The van der Waals surface area contributed by atoms with E-state index in [1.807, 2.05) is 16.8 Å². The van der Waals surface area contributed by atoms with Crippen molar-refractivity contribution >= 4 is 5.69 Å². The zero-order valence-electron chi connectivity index (χ0n) is 17.9. The molecular weight excluding hydrogens is 374 g/mol. The zero-order valence-corrected chi connectivity index (χ0v) is 17.9. The van der Waals surface area contributed by atoms with Gasteiger partial charge in [-0.25, -0.2) is 4.98 Å². The quantitative estimate of drug-likeness (QED) is 0.614. The molecule has 158 valence electrons. The van der Waals surface area contributed by atoms with Crippen LogP contribution in [0.4, 0.5) is 5.69 Å². The average Bonchev–Trinajstić information content (AvgIpc) is 3.31. The van der Waals surface area contributed by atoms with E-state index in [1.165, 1.54) is 29.7 Å². The van der Waals surface area contributed by atoms with Crippen LogP contribution in [0, 0.1) is 6.92 Å². The summed E-state index contributed by atoms with van der Waals surface area (Å²) >= 11 is 0. The van der Waals surface area contributed by atoms with Gasteiger partial charge in [0.1, 0.15) is 18.4 Å². The molecule has 30 heavy (non-hydrogen) atoms. The summed E-state index contributed by atoms with van der Waals surface area (Å²) in [7, 11) is 1.75. The molecule has 0 aliphatic carbocycles. The van der Waals surface area contributed by atoms with Gasteiger partial charge in [0, 0.05) is 31.7 Å². The molecule has 1 aliphatic heterocycles. The molecule has 4 rings (SSSR count). The van der Waals surface area contributed by atoms with Gasteiger partial charge in [0.25, 0.3) is 0 Å². The van der Waals surface area contributed by atoms with Crippen LogP contribution in [-0.2, 0) is 6.54 Å². The number of benzene rings is 2. The predicted octanol–water partition coefficient (Wildman–Crippen LogP) is 3.99. The number of piperidine rings is 1. The molecule has 1 aromatic heterocycles. The lowest BCUT2D eigenvalue weighted by molar-refractivity contribution is 0.349. The van der Waals surface area contributed by atoms with Crippen LogP contribution in [0.25, 0.3) is 0 Å². The first kappa shape index (κ1) is 20.4. The van der Waals surface area contributed by atoms with Crippen LogP contribution >= 0.6 is 0 Å². The Balaban J connectivity index is 1.47. The molecule has 1 saturated heterocycles. The van der Waals surface area contributed by atoms with E-state index >= 15 is 0 Å². The summed E-state index contributed by atoms with van der Waals surface area (Å²) in [5.74, 6) is 0.944. The number of rotatable bonds is 8. The number of nitrogens with one attached hydrogen (secondary N) is 1. The maximum atomic E-state index is 5.60. The summed E-state index contributed by atoms with van der Waals surface area (Å²) in [5.41, 5.74) is 3.80. The Bertz CT molecular complexity index is 910. The number of hydrogen-bond donors (Lipinski definition) is 1. The van der Waals surface area contributed by atoms with Crippen LogP contribution in [0.15, 0.2) is 61.2 Å². The van der Waals surface area contributed by atoms with Crippen molar-refractivity contribution in [1.29, 1.82) is 0 Å². The second-order valence-corrected chi connectivity index (χ2v) is 8.03. The first-order chi connectivity index (χ1) is 14.7. The summed E-state index contributed by atoms with van der Waals surface area (Å²) in [6.45, 7) is 5.02. The van der Waals surface area contributed by atoms with Gasteiger partial charge in [-0.1, -0.05) is 42.0 Å². The van der Waals surface area contributed by atoms with E-state index in [0.29, 0.717) is 6.04 Å². The summed E-state index contributed by atoms with van der Waals surface area (Å²) < 4.78 is 7.51. The molecular formula is C24H31N5O. The van der Waals surface area contributed by atoms with Crippen molar-refractivity contribution in [2.75, 3.05) is 25.1 Å². The molecule has 1 fully saturated rings. The van der Waals surface area contributed by atoms with E-state index in [1.54, 1.807) is 19.8 Å². The molecule has 0 radical (unpaired) electrons. The molecule has 2 aromatic carbocycles. The molecule has 0 saturated carbocycles. The van der Waals surface area contributed by atoms with Crippen molar-refractivity contribution in [2.24, 2.45) is 0 Å². The Labute approximate surface area is 178 Å². The van der Waals surface area contributed by atoms with Crippen LogP contribution in [0.3, 0.4) is 0 Å². The van der Waals surface area contributed by atoms with Gasteiger partial charge >= 0.3 is 0 Å². The number of aryl methyl sites for hydroxylation is 2. The van der Waals surface area contributed by atoms with Crippen molar-refractivity contribution in [2.45, 2.75) is 44.8 Å². The normalized spacial score (nSPS) is 17.7. The standard InChI is InChI=1S/C24H31N5O/c1-19-9-11-20(12-10-19)22(13-15-29-18-25-17-26-29)27-21-6-5-14-28(16-21)23-7-3-4-8-24(23)30-2/h3-4,7-12,17-18,21-22,27H,5-6,13-16H2,1-2H3. The number of nitrogens with zero attached hydrogens (tertiary/aromatic N) is 4. The van der Waals surface area contributed by atoms with Crippen molar-refractivity contribution in [3.8, 4) is 5.75 Å². The number of ether oxygens (including phenoxy) is 1. The molecule has 0 amide bonds. The molecule has 3 aromatic rings. The summed E-state index contributed by atoms with van der Waals surface area (Å²) in [6.07, 6.45) is 6.70. The van der Waals surface area contributed by atoms with Gasteiger partial charge in [0.05, 0.1) is 12.8 Å². The van der Waals surface area contributed by atoms with Gasteiger partial charge in [-0.3, -0.25) is 4.68 Å². The van der Waals surface area contributed by atoms with Gasteiger partial charge in [-0.2, -0.15) is 5.10 Å². The number of hydrogen-bond acceptors (Lipinski definition) is 5. The molecule has 6 nitrogen and oxygen atoms in total. The molecule has 0 bridgehead atoms. The van der Waals surface area contributed by atoms with Crippen LogP contribution < -0.4 is 15.0 Å². The largest absolute Gasteiger partial charge is 0.495 e. The molecule has 1 aliphatic rings. The Morgan fingerprint density at radius 1 is 1.17 bits per heavy atom. The molecule has 2 unspecified atom stereocenters. The van der Waals surface area contributed by atoms with Crippen molar-refractivity contribution in [3.63, 3.8) is 0 Å². The predicted molar refractivity (Wildman–Crippen MR) is 120 cm³/mol. The Morgan fingerprint density at radius 3 is 2.77 bits per heavy atom. The number of anilines is 1. The van der Waals surface area contributed by atoms with E-state index in [4.69, 9.17) is 4.74 Å². The summed E-state index contributed by atoms with van der Waals surface area (Å²) in [5, 5.41) is 8.22. The average molecular weight is 406 g/mol. The Kier molecular flexibility index (Phi) is 6.64. The molecule has 0 spiro atoms. The third kappa shape index (κ3) is 5.00. The minimum absolute atomic E-state index is 0.275. The second-order valence-electron chi connectivity index (χ2n) is 8.03. The van der Waals surface area contributed by atoms with E-state index in [-0.39, 0.29) is 6.04 Å². The van der Waals surface area contributed by atoms with E-state index < -0.39 is 0 Å². The lowest BCUT2D eigenvalue weighted by Gasteiger charge is -2.37. The fourth-order valence-electron chi connectivity index (χ4n) is 4.26. The lowest BCUT2D eigenvalue weighted by Crippen LogP contribution is -2.47. The fourth-order valence-corrected chi connectivity index (χ4v) is 4.26. The summed E-state index contributed by atoms with van der Waals surface area (Å²) in [4.78, 5) is 6.52. The molecule has 6 heteroatoms. The van der Waals surface area contributed by atoms with Crippen LogP contribution in [-0.4, -0.2) is 41.0 Å². The SMILES string of the molecule is COc1ccccc1N1CCCC(NC(CCn2cncn2)c2ccc(C)cc2)C1. The highest BCUT2D eigenvalue weighted by Crippen LogP contribution is 2.30. The lowest BCUT2D eigenvalue weighted by atomic mass is 9.98. The van der Waals surface area contributed by atoms with Crippen LogP contribution in [0.2, 0.25) is 0 Å². The fraction of sp³-hybridized carbons (Fsp3) is 0.417. The highest BCUT2D eigenvalue weighted by molar-refractivity contribution is 5.58. The first-order valence-corrected chi connectivity index (χ1v) is 10.8. The van der Waals surface area contributed by atoms with Crippen molar-refractivity contribution < 1.29 is 4.74 Å². The molecule has 2 heterocycles. The van der Waals surface area contributed by atoms with Gasteiger partial charge in [-0.05, 0) is 43.9 Å². The van der Waals surface area contributed by atoms with E-state index in [9.17, 15) is 0 Å². The number of aromatic nitrogens is 3. The van der Waals surface area contributed by atoms with E-state index in [2.05, 4.69) is 63.6 Å². The third-order valence-corrected chi connectivity index (χ3v) is 5.88. The first-order valence-electron chi connectivity index (χ1n) is 10.8. The minimum Gasteiger partial charge on any atom is -0.495 e. The number of methoxy groups -OCH3 is 1. The smallest absolute Gasteiger partial charge is 0.142 e. The van der Waals surface area contributed by atoms with Crippen LogP contribution in [0.1, 0.15) is 36.4 Å². The van der Waals surface area contributed by atoms with Gasteiger partial charge < -0.3 is 15.0 Å². The highest BCUT2D eigenvalue weighted by atomic mass is 16.5. The van der Waals surface area contributed by atoms with Crippen LogP contribution in [0.5, 0.6) is 5.75 Å². The van der Waals surface area contributed by atoms with Gasteiger partial charge in [-0.15, -0.1) is 0 Å². The zero-order chi connectivity index (χ0) is 20.8. The monoisotopic (exact) mass is 405 g/mol. The minimum atomic E-state index is 0.275. The Morgan fingerprint density at radius 2 is 2.00 bits per heavy atom. The van der Waals surface area contributed by atoms with Gasteiger partial charge in [0.15, 0.2) is 0 Å². The van der Waals surface area contributed by atoms with Crippen molar-refractivity contribution in [1.82, 2.24) is 20.1 Å².